The Hall–Kier alpha value is -3.21. The van der Waals surface area contributed by atoms with E-state index in [1.165, 1.54) is 0 Å². The third-order valence-corrected chi connectivity index (χ3v) is 4.41. The molecular weight excluding hydrogens is 312 g/mol. The molecule has 0 aliphatic heterocycles. The third kappa shape index (κ3) is 2.74. The third-order valence-electron chi connectivity index (χ3n) is 4.41. The molecule has 4 aromatic rings. The molecule has 1 aromatic carbocycles. The van der Waals surface area contributed by atoms with Gasteiger partial charge in [-0.2, -0.15) is 0 Å². The zero-order chi connectivity index (χ0) is 17.4. The normalized spacial score (nSPS) is 11.1. The summed E-state index contributed by atoms with van der Waals surface area (Å²) in [5.74, 6) is 0.736. The topological polar surface area (TPSA) is 59.8 Å². The Morgan fingerprint density at radius 3 is 2.84 bits per heavy atom. The summed E-state index contributed by atoms with van der Waals surface area (Å²) in [6, 6.07) is 15.7. The Bertz CT molecular complexity index is 1150. The van der Waals surface area contributed by atoms with Crippen molar-refractivity contribution in [2.75, 3.05) is 5.32 Å². The van der Waals surface area contributed by atoms with Crippen molar-refractivity contribution in [1.82, 2.24) is 14.5 Å². The maximum atomic E-state index is 12.6. The van der Waals surface area contributed by atoms with Gasteiger partial charge in [0.25, 0.3) is 5.56 Å². The van der Waals surface area contributed by atoms with Crippen molar-refractivity contribution >= 4 is 27.6 Å². The molecular formula is C20H18N4O. The van der Waals surface area contributed by atoms with Gasteiger partial charge in [-0.3, -0.25) is 9.78 Å². The minimum Gasteiger partial charge on any atom is -0.365 e. The van der Waals surface area contributed by atoms with Crippen molar-refractivity contribution in [3.63, 3.8) is 0 Å². The SMILES string of the molecule is Cc1ccc2c(NCc3cc4ccccc4n(C)c3=O)nccc2n1. The van der Waals surface area contributed by atoms with Crippen LogP contribution in [0.1, 0.15) is 11.3 Å². The predicted octanol–water partition coefficient (Wildman–Crippen LogP) is 3.40. The number of nitrogens with one attached hydrogen (secondary N) is 1. The van der Waals surface area contributed by atoms with Crippen LogP contribution in [0.15, 0.2) is 59.5 Å². The first kappa shape index (κ1) is 15.3. The summed E-state index contributed by atoms with van der Waals surface area (Å²) in [6.07, 6.45) is 1.73. The number of para-hydroxylation sites is 1. The van der Waals surface area contributed by atoms with Gasteiger partial charge in [0.2, 0.25) is 0 Å². The Morgan fingerprint density at radius 1 is 1.12 bits per heavy atom. The molecule has 0 bridgehead atoms. The summed E-state index contributed by atoms with van der Waals surface area (Å²) in [4.78, 5) is 21.5. The molecule has 4 rings (SSSR count). The predicted molar refractivity (Wildman–Crippen MR) is 101 cm³/mol. The highest BCUT2D eigenvalue weighted by molar-refractivity contribution is 5.89. The zero-order valence-corrected chi connectivity index (χ0v) is 14.2. The second kappa shape index (κ2) is 6.02. The lowest BCUT2D eigenvalue weighted by Crippen LogP contribution is -2.23. The monoisotopic (exact) mass is 330 g/mol. The number of hydrogen-bond donors (Lipinski definition) is 1. The fourth-order valence-corrected chi connectivity index (χ4v) is 3.09. The summed E-state index contributed by atoms with van der Waals surface area (Å²) < 4.78 is 1.69. The fourth-order valence-electron chi connectivity index (χ4n) is 3.09. The molecule has 0 radical (unpaired) electrons. The van der Waals surface area contributed by atoms with Crippen LogP contribution in [0.4, 0.5) is 5.82 Å². The first-order valence-corrected chi connectivity index (χ1v) is 8.17. The molecule has 124 valence electrons. The number of fused-ring (bicyclic) bond motifs is 2. The highest BCUT2D eigenvalue weighted by Gasteiger charge is 2.08. The van der Waals surface area contributed by atoms with E-state index in [2.05, 4.69) is 15.3 Å². The van der Waals surface area contributed by atoms with E-state index in [1.807, 2.05) is 55.5 Å². The van der Waals surface area contributed by atoms with Crippen molar-refractivity contribution in [2.24, 2.45) is 7.05 Å². The number of aryl methyl sites for hydroxylation is 2. The molecule has 0 amide bonds. The lowest BCUT2D eigenvalue weighted by Gasteiger charge is -2.11. The second-order valence-corrected chi connectivity index (χ2v) is 6.12. The van der Waals surface area contributed by atoms with Crippen molar-refractivity contribution in [3.8, 4) is 0 Å². The van der Waals surface area contributed by atoms with E-state index in [0.29, 0.717) is 12.1 Å². The van der Waals surface area contributed by atoms with Gasteiger partial charge in [0, 0.05) is 36.4 Å². The van der Waals surface area contributed by atoms with Gasteiger partial charge in [0.15, 0.2) is 0 Å². The number of hydrogen-bond acceptors (Lipinski definition) is 4. The standard InChI is InChI=1S/C20H18N4O/c1-13-7-8-16-17(23-13)9-10-21-19(16)22-12-15-11-14-5-3-4-6-18(14)24(2)20(15)25/h3-11H,12H2,1-2H3,(H,21,22). The Balaban J connectivity index is 1.72. The lowest BCUT2D eigenvalue weighted by atomic mass is 10.1. The van der Waals surface area contributed by atoms with Crippen LogP contribution in [-0.4, -0.2) is 14.5 Å². The van der Waals surface area contributed by atoms with Gasteiger partial charge in [-0.05, 0) is 42.6 Å². The minimum atomic E-state index is 0.000376. The maximum Gasteiger partial charge on any atom is 0.255 e. The molecule has 25 heavy (non-hydrogen) atoms. The van der Waals surface area contributed by atoms with E-state index in [0.717, 1.165) is 33.3 Å². The van der Waals surface area contributed by atoms with Gasteiger partial charge in [-0.1, -0.05) is 18.2 Å². The lowest BCUT2D eigenvalue weighted by molar-refractivity contribution is 0.878. The van der Waals surface area contributed by atoms with Gasteiger partial charge >= 0.3 is 0 Å². The molecule has 3 aromatic heterocycles. The molecule has 0 unspecified atom stereocenters. The molecule has 0 fully saturated rings. The van der Waals surface area contributed by atoms with Gasteiger partial charge in [-0.25, -0.2) is 4.98 Å². The van der Waals surface area contributed by atoms with Crippen LogP contribution < -0.4 is 10.9 Å². The summed E-state index contributed by atoms with van der Waals surface area (Å²) >= 11 is 0. The van der Waals surface area contributed by atoms with Gasteiger partial charge < -0.3 is 9.88 Å². The van der Waals surface area contributed by atoms with E-state index in [9.17, 15) is 4.79 Å². The molecule has 0 atom stereocenters. The van der Waals surface area contributed by atoms with Crippen LogP contribution in [-0.2, 0) is 13.6 Å². The Labute approximate surface area is 145 Å². The molecule has 5 heteroatoms. The number of pyridine rings is 3. The van der Waals surface area contributed by atoms with E-state index in [-0.39, 0.29) is 5.56 Å². The van der Waals surface area contributed by atoms with Crippen LogP contribution in [0.2, 0.25) is 0 Å². The zero-order valence-electron chi connectivity index (χ0n) is 14.2. The number of aromatic nitrogens is 3. The number of rotatable bonds is 3. The Morgan fingerprint density at radius 2 is 1.96 bits per heavy atom. The molecule has 0 saturated heterocycles. The van der Waals surface area contributed by atoms with Crippen LogP contribution in [0.3, 0.4) is 0 Å². The van der Waals surface area contributed by atoms with Crippen LogP contribution >= 0.6 is 0 Å². The highest BCUT2D eigenvalue weighted by atomic mass is 16.1. The van der Waals surface area contributed by atoms with Crippen molar-refractivity contribution in [2.45, 2.75) is 13.5 Å². The van der Waals surface area contributed by atoms with Gasteiger partial charge in [0.05, 0.1) is 11.0 Å². The van der Waals surface area contributed by atoms with E-state index < -0.39 is 0 Å². The Kier molecular flexibility index (Phi) is 3.69. The van der Waals surface area contributed by atoms with Crippen LogP contribution in [0.5, 0.6) is 0 Å². The molecule has 0 saturated carbocycles. The highest BCUT2D eigenvalue weighted by Crippen LogP contribution is 2.20. The van der Waals surface area contributed by atoms with Crippen molar-refractivity contribution in [3.05, 3.63) is 76.3 Å². The fraction of sp³-hybridized carbons (Fsp3) is 0.150. The molecule has 0 aliphatic carbocycles. The van der Waals surface area contributed by atoms with E-state index in [4.69, 9.17) is 0 Å². The molecule has 5 nitrogen and oxygen atoms in total. The number of nitrogens with zero attached hydrogens (tertiary/aromatic N) is 3. The first-order valence-electron chi connectivity index (χ1n) is 8.17. The average molecular weight is 330 g/mol. The number of anilines is 1. The van der Waals surface area contributed by atoms with Crippen molar-refractivity contribution in [1.29, 1.82) is 0 Å². The average Bonchev–Trinajstić information content (AvgIpc) is 2.63. The summed E-state index contributed by atoms with van der Waals surface area (Å²) in [6.45, 7) is 2.38. The minimum absolute atomic E-state index is 0.000376. The number of benzene rings is 1. The van der Waals surface area contributed by atoms with Gasteiger partial charge in [-0.15, -0.1) is 0 Å². The molecule has 0 spiro atoms. The summed E-state index contributed by atoms with van der Waals surface area (Å²) in [5.41, 5.74) is 3.50. The summed E-state index contributed by atoms with van der Waals surface area (Å²) in [5, 5.41) is 5.29. The van der Waals surface area contributed by atoms with Crippen LogP contribution in [0.25, 0.3) is 21.8 Å². The molecule has 1 N–H and O–H groups in total. The van der Waals surface area contributed by atoms with Gasteiger partial charge in [0.1, 0.15) is 5.82 Å². The molecule has 0 aliphatic rings. The summed E-state index contributed by atoms with van der Waals surface area (Å²) in [7, 11) is 1.80. The largest absolute Gasteiger partial charge is 0.365 e. The smallest absolute Gasteiger partial charge is 0.255 e. The van der Waals surface area contributed by atoms with Crippen molar-refractivity contribution < 1.29 is 0 Å². The second-order valence-electron chi connectivity index (χ2n) is 6.12. The maximum absolute atomic E-state index is 12.6. The molecule has 3 heterocycles. The van der Waals surface area contributed by atoms with Crippen LogP contribution in [0, 0.1) is 6.92 Å². The van der Waals surface area contributed by atoms with E-state index >= 15 is 0 Å². The quantitative estimate of drug-likeness (QED) is 0.625. The first-order chi connectivity index (χ1) is 12.1. The van der Waals surface area contributed by atoms with E-state index in [1.54, 1.807) is 17.8 Å².